The number of fused-ring (bicyclic) bond motifs is 3. The Hall–Kier alpha value is -3.12. The molecule has 0 aliphatic heterocycles. The summed E-state index contributed by atoms with van der Waals surface area (Å²) in [5.41, 5.74) is 2.39. The van der Waals surface area contributed by atoms with Crippen molar-refractivity contribution in [2.75, 3.05) is 7.11 Å². The van der Waals surface area contributed by atoms with Crippen molar-refractivity contribution in [2.24, 2.45) is 0 Å². The molecule has 2 N–H and O–H groups in total. The highest BCUT2D eigenvalue weighted by molar-refractivity contribution is 7.12. The number of benzene rings is 2. The van der Waals surface area contributed by atoms with E-state index in [2.05, 4.69) is 10.3 Å². The zero-order chi connectivity index (χ0) is 18.1. The van der Waals surface area contributed by atoms with E-state index in [1.807, 2.05) is 48.5 Å². The number of hydrogen-bond donors (Lipinski definition) is 2. The molecule has 0 fully saturated rings. The molecule has 4 rings (SSSR count). The summed E-state index contributed by atoms with van der Waals surface area (Å²) in [6, 6.07) is 16.9. The number of amides is 1. The van der Waals surface area contributed by atoms with E-state index in [9.17, 15) is 9.59 Å². The van der Waals surface area contributed by atoms with Gasteiger partial charge >= 0.3 is 0 Å². The van der Waals surface area contributed by atoms with Crippen molar-refractivity contribution in [3.8, 4) is 5.75 Å². The minimum absolute atomic E-state index is 0.145. The standard InChI is InChI=1S/C20H16N2O3S/c1-25-13-8-6-12(7-9-13)11-21-19(23)17-10-15-14-4-2-3-5-16(14)22-18(15)20(24)26-17/h2-10,22H,11H2,1H3,(H,21,23). The summed E-state index contributed by atoms with van der Waals surface area (Å²) in [7, 11) is 1.61. The molecule has 0 radical (unpaired) electrons. The number of nitrogens with one attached hydrogen (secondary N) is 2. The summed E-state index contributed by atoms with van der Waals surface area (Å²) in [4.78, 5) is 28.5. The van der Waals surface area contributed by atoms with Crippen LogP contribution in [0.4, 0.5) is 0 Å². The van der Waals surface area contributed by atoms with Crippen LogP contribution in [-0.4, -0.2) is 18.0 Å². The van der Waals surface area contributed by atoms with Gasteiger partial charge in [0.05, 0.1) is 12.0 Å². The van der Waals surface area contributed by atoms with Crippen LogP contribution in [0.1, 0.15) is 15.2 Å². The summed E-state index contributed by atoms with van der Waals surface area (Å²) < 4.78 is 4.98. The highest BCUT2D eigenvalue weighted by atomic mass is 32.1. The highest BCUT2D eigenvalue weighted by Gasteiger charge is 2.13. The molecule has 2 heterocycles. The molecule has 0 aliphatic carbocycles. The molecule has 0 saturated heterocycles. The summed E-state index contributed by atoms with van der Waals surface area (Å²) in [5.74, 6) is 0.512. The third-order valence-electron chi connectivity index (χ3n) is 4.26. The maximum Gasteiger partial charge on any atom is 0.261 e. The second kappa shape index (κ2) is 6.65. The summed E-state index contributed by atoms with van der Waals surface area (Å²) in [6.45, 7) is 0.385. The molecule has 5 nitrogen and oxygen atoms in total. The third kappa shape index (κ3) is 2.95. The van der Waals surface area contributed by atoms with Crippen LogP contribution in [0.5, 0.6) is 5.75 Å². The van der Waals surface area contributed by atoms with Crippen molar-refractivity contribution in [2.45, 2.75) is 6.54 Å². The molecule has 2 aromatic carbocycles. The van der Waals surface area contributed by atoms with Crippen LogP contribution in [0.15, 0.2) is 59.4 Å². The van der Waals surface area contributed by atoms with E-state index in [0.29, 0.717) is 16.9 Å². The van der Waals surface area contributed by atoms with Gasteiger partial charge in [-0.1, -0.05) is 41.7 Å². The molecular formula is C20H16N2O3S. The smallest absolute Gasteiger partial charge is 0.261 e. The lowest BCUT2D eigenvalue weighted by molar-refractivity contribution is 0.0955. The van der Waals surface area contributed by atoms with E-state index in [4.69, 9.17) is 4.74 Å². The Morgan fingerprint density at radius 2 is 1.88 bits per heavy atom. The number of carbonyl (C=O) groups is 1. The van der Waals surface area contributed by atoms with Gasteiger partial charge in [0.15, 0.2) is 0 Å². The van der Waals surface area contributed by atoms with Crippen molar-refractivity contribution < 1.29 is 9.53 Å². The fraction of sp³-hybridized carbons (Fsp3) is 0.100. The van der Waals surface area contributed by atoms with Gasteiger partial charge < -0.3 is 15.0 Å². The van der Waals surface area contributed by atoms with Gasteiger partial charge in [-0.2, -0.15) is 0 Å². The SMILES string of the molecule is COc1ccc(CNC(=O)c2cc3c([nH]c4ccccc43)c(=O)s2)cc1. The van der Waals surface area contributed by atoms with E-state index in [-0.39, 0.29) is 10.6 Å². The van der Waals surface area contributed by atoms with Crippen molar-refractivity contribution in [1.82, 2.24) is 10.3 Å². The van der Waals surface area contributed by atoms with Gasteiger partial charge in [-0.05, 0) is 29.8 Å². The minimum atomic E-state index is -0.255. The quantitative estimate of drug-likeness (QED) is 0.580. The maximum atomic E-state index is 12.5. The fourth-order valence-corrected chi connectivity index (χ4v) is 3.72. The average molecular weight is 364 g/mol. The molecule has 0 aliphatic rings. The van der Waals surface area contributed by atoms with Crippen LogP contribution < -0.4 is 14.8 Å². The summed E-state index contributed by atoms with van der Waals surface area (Å²) in [6.07, 6.45) is 0. The van der Waals surface area contributed by atoms with Crippen molar-refractivity contribution in [1.29, 1.82) is 0 Å². The molecule has 4 aromatic rings. The number of aromatic nitrogens is 1. The van der Waals surface area contributed by atoms with Gasteiger partial charge in [-0.15, -0.1) is 0 Å². The third-order valence-corrected chi connectivity index (χ3v) is 5.18. The Labute approximate surface area is 153 Å². The van der Waals surface area contributed by atoms with Gasteiger partial charge in [-0.3, -0.25) is 9.59 Å². The number of ether oxygens (including phenoxy) is 1. The lowest BCUT2D eigenvalue weighted by atomic mass is 10.2. The number of hydrogen-bond acceptors (Lipinski definition) is 4. The van der Waals surface area contributed by atoms with E-state index in [1.54, 1.807) is 13.2 Å². The van der Waals surface area contributed by atoms with E-state index < -0.39 is 0 Å². The topological polar surface area (TPSA) is 71.2 Å². The number of methoxy groups -OCH3 is 1. The van der Waals surface area contributed by atoms with E-state index >= 15 is 0 Å². The van der Waals surface area contributed by atoms with Gasteiger partial charge in [-0.25, -0.2) is 0 Å². The second-order valence-electron chi connectivity index (χ2n) is 5.89. The lowest BCUT2D eigenvalue weighted by Gasteiger charge is -2.06. The number of rotatable bonds is 4. The first kappa shape index (κ1) is 16.4. The van der Waals surface area contributed by atoms with E-state index in [1.165, 1.54) is 0 Å². The van der Waals surface area contributed by atoms with E-state index in [0.717, 1.165) is 38.9 Å². The molecule has 0 unspecified atom stereocenters. The molecule has 0 atom stereocenters. The molecule has 130 valence electrons. The Balaban J connectivity index is 1.61. The lowest BCUT2D eigenvalue weighted by Crippen LogP contribution is -2.22. The van der Waals surface area contributed by atoms with Crippen LogP contribution in [0.3, 0.4) is 0 Å². The van der Waals surface area contributed by atoms with Crippen molar-refractivity contribution >= 4 is 39.0 Å². The normalized spacial score (nSPS) is 11.0. The molecule has 0 saturated carbocycles. The number of carbonyl (C=O) groups excluding carboxylic acids is 1. The maximum absolute atomic E-state index is 12.5. The molecule has 1 amide bonds. The molecule has 0 bridgehead atoms. The Morgan fingerprint density at radius 3 is 2.65 bits per heavy atom. The monoisotopic (exact) mass is 364 g/mol. The first-order valence-electron chi connectivity index (χ1n) is 8.11. The predicted molar refractivity (Wildman–Crippen MR) is 104 cm³/mol. The highest BCUT2D eigenvalue weighted by Crippen LogP contribution is 2.25. The summed E-state index contributed by atoms with van der Waals surface area (Å²) in [5, 5.41) is 4.58. The van der Waals surface area contributed by atoms with Crippen LogP contribution >= 0.6 is 11.3 Å². The summed E-state index contributed by atoms with van der Waals surface area (Å²) >= 11 is 0.953. The Kier molecular flexibility index (Phi) is 4.18. The number of aromatic amines is 1. The van der Waals surface area contributed by atoms with Crippen LogP contribution in [0.25, 0.3) is 21.8 Å². The minimum Gasteiger partial charge on any atom is -0.497 e. The first-order valence-corrected chi connectivity index (χ1v) is 8.93. The first-order chi connectivity index (χ1) is 12.7. The average Bonchev–Trinajstić information content (AvgIpc) is 3.06. The molecule has 2 aromatic heterocycles. The fourth-order valence-electron chi connectivity index (χ4n) is 2.91. The predicted octanol–water partition coefficient (Wildman–Crippen LogP) is 3.68. The van der Waals surface area contributed by atoms with Gasteiger partial charge in [0.2, 0.25) is 0 Å². The van der Waals surface area contributed by atoms with Gasteiger partial charge in [0.25, 0.3) is 10.6 Å². The molecule has 0 spiro atoms. The second-order valence-corrected chi connectivity index (χ2v) is 6.90. The Bertz CT molecular complexity index is 1160. The van der Waals surface area contributed by atoms with Crippen molar-refractivity contribution in [3.05, 3.63) is 74.6 Å². The van der Waals surface area contributed by atoms with Gasteiger partial charge in [0, 0.05) is 22.8 Å². The molecule has 6 heteroatoms. The van der Waals surface area contributed by atoms with Gasteiger partial charge in [0.1, 0.15) is 11.3 Å². The Morgan fingerprint density at radius 1 is 1.12 bits per heavy atom. The van der Waals surface area contributed by atoms with Crippen molar-refractivity contribution in [3.63, 3.8) is 0 Å². The largest absolute Gasteiger partial charge is 0.497 e. The zero-order valence-electron chi connectivity index (χ0n) is 14.0. The molecular weight excluding hydrogens is 348 g/mol. The van der Waals surface area contributed by atoms with Crippen LogP contribution in [-0.2, 0) is 6.54 Å². The zero-order valence-corrected chi connectivity index (χ0v) is 14.9. The number of para-hydroxylation sites is 1. The number of H-pyrrole nitrogens is 1. The van der Waals surface area contributed by atoms with Crippen LogP contribution in [0.2, 0.25) is 0 Å². The van der Waals surface area contributed by atoms with Crippen LogP contribution in [0, 0.1) is 0 Å². The molecule has 26 heavy (non-hydrogen) atoms.